The number of carbonyl (C=O) groups is 2. The van der Waals surface area contributed by atoms with Crippen molar-refractivity contribution >= 4 is 11.6 Å². The van der Waals surface area contributed by atoms with E-state index in [0.29, 0.717) is 11.8 Å². The highest BCUT2D eigenvalue weighted by atomic mass is 16.2. The lowest BCUT2D eigenvalue weighted by molar-refractivity contribution is -0.153. The maximum Gasteiger partial charge on any atom is 0.203 e. The summed E-state index contributed by atoms with van der Waals surface area (Å²) in [5.74, 6) is 0.805. The fourth-order valence-corrected chi connectivity index (χ4v) is 2.77. The van der Waals surface area contributed by atoms with Gasteiger partial charge < -0.3 is 0 Å². The molecule has 3 aliphatic rings. The molecule has 0 N–H and O–H groups in total. The third-order valence-corrected chi connectivity index (χ3v) is 3.31. The van der Waals surface area contributed by atoms with Crippen molar-refractivity contribution in [3.63, 3.8) is 0 Å². The van der Waals surface area contributed by atoms with E-state index in [1.54, 1.807) is 0 Å². The van der Waals surface area contributed by atoms with E-state index in [1.165, 1.54) is 0 Å². The molecule has 0 radical (unpaired) electrons. The highest BCUT2D eigenvalue weighted by molar-refractivity contribution is 6.46. The average Bonchev–Trinajstić information content (AvgIpc) is 2.58. The molecule has 11 heavy (non-hydrogen) atoms. The topological polar surface area (TPSA) is 34.1 Å². The van der Waals surface area contributed by atoms with Gasteiger partial charge in [0.15, 0.2) is 0 Å². The molecule has 2 bridgehead atoms. The Morgan fingerprint density at radius 3 is 1.91 bits per heavy atom. The van der Waals surface area contributed by atoms with Gasteiger partial charge in [0.05, 0.1) is 0 Å². The second-order valence-electron chi connectivity index (χ2n) is 3.73. The number of allylic oxidation sites excluding steroid dienone is 2. The molecule has 2 saturated carbocycles. The SMILES string of the molecule is O=C1C(=O)[C@H]2[C@@H]1[C@H]1C=C[C@@H]2C1. The normalized spacial score (nSPS) is 51.3. The molecular weight excluding hydrogens is 140 g/mol. The Balaban J connectivity index is 2.08. The number of fused-ring (bicyclic) bond motifs is 5. The van der Waals surface area contributed by atoms with Crippen LogP contribution in [0.25, 0.3) is 0 Å². The fraction of sp³-hybridized carbons (Fsp3) is 0.556. The molecule has 0 aromatic carbocycles. The molecule has 0 aromatic rings. The molecular formula is C9H8O2. The largest absolute Gasteiger partial charge is 0.291 e. The standard InChI is InChI=1S/C9H8O2/c10-8-6-4-1-2-5(3-4)7(6)9(8)11/h1-2,4-7H,3H2/t4-,5+,6-,7+. The van der Waals surface area contributed by atoms with E-state index in [4.69, 9.17) is 0 Å². The summed E-state index contributed by atoms with van der Waals surface area (Å²) in [7, 11) is 0. The smallest absolute Gasteiger partial charge is 0.203 e. The zero-order valence-electron chi connectivity index (χ0n) is 5.99. The molecule has 2 heteroatoms. The van der Waals surface area contributed by atoms with E-state index in [0.717, 1.165) is 6.42 Å². The summed E-state index contributed by atoms with van der Waals surface area (Å²) >= 11 is 0. The monoisotopic (exact) mass is 148 g/mol. The first-order valence-corrected chi connectivity index (χ1v) is 4.05. The molecule has 0 amide bonds. The summed E-state index contributed by atoms with van der Waals surface area (Å²) in [5.41, 5.74) is 0. The van der Waals surface area contributed by atoms with Crippen LogP contribution in [0.1, 0.15) is 6.42 Å². The van der Waals surface area contributed by atoms with Crippen molar-refractivity contribution in [2.45, 2.75) is 6.42 Å². The van der Waals surface area contributed by atoms with Gasteiger partial charge in [0.25, 0.3) is 0 Å². The van der Waals surface area contributed by atoms with Gasteiger partial charge in [-0.05, 0) is 18.3 Å². The van der Waals surface area contributed by atoms with Crippen LogP contribution in [0.5, 0.6) is 0 Å². The van der Waals surface area contributed by atoms with E-state index in [2.05, 4.69) is 12.2 Å². The molecule has 3 rings (SSSR count). The van der Waals surface area contributed by atoms with E-state index in [-0.39, 0.29) is 23.4 Å². The molecule has 0 unspecified atom stereocenters. The van der Waals surface area contributed by atoms with Crippen LogP contribution in [0, 0.1) is 23.7 Å². The molecule has 4 atom stereocenters. The van der Waals surface area contributed by atoms with E-state index >= 15 is 0 Å². The Morgan fingerprint density at radius 2 is 1.45 bits per heavy atom. The molecule has 0 aromatic heterocycles. The minimum absolute atomic E-state index is 0.0949. The van der Waals surface area contributed by atoms with Crippen LogP contribution in [0.2, 0.25) is 0 Å². The summed E-state index contributed by atoms with van der Waals surface area (Å²) < 4.78 is 0. The molecule has 0 saturated heterocycles. The average molecular weight is 148 g/mol. The molecule has 3 aliphatic carbocycles. The summed E-state index contributed by atoms with van der Waals surface area (Å²) in [6.45, 7) is 0. The number of rotatable bonds is 0. The first-order valence-electron chi connectivity index (χ1n) is 4.05. The van der Waals surface area contributed by atoms with Crippen LogP contribution < -0.4 is 0 Å². The Kier molecular flexibility index (Phi) is 0.761. The van der Waals surface area contributed by atoms with E-state index < -0.39 is 0 Å². The minimum atomic E-state index is -0.105. The summed E-state index contributed by atoms with van der Waals surface area (Å²) in [5, 5.41) is 0. The second-order valence-corrected chi connectivity index (χ2v) is 3.73. The fourth-order valence-electron chi connectivity index (χ4n) is 2.77. The van der Waals surface area contributed by atoms with Crippen LogP contribution in [-0.2, 0) is 9.59 Å². The zero-order valence-corrected chi connectivity index (χ0v) is 5.99. The lowest BCUT2D eigenvalue weighted by atomic mass is 9.66. The van der Waals surface area contributed by atoms with Crippen molar-refractivity contribution in [3.8, 4) is 0 Å². The summed E-state index contributed by atoms with van der Waals surface area (Å²) in [6.07, 6.45) is 5.26. The van der Waals surface area contributed by atoms with E-state index in [1.807, 2.05) is 0 Å². The number of Topliss-reactive ketones (excluding diaryl/α,β-unsaturated/α-hetero) is 2. The minimum Gasteiger partial charge on any atom is -0.291 e. The van der Waals surface area contributed by atoms with Gasteiger partial charge in [0.1, 0.15) is 0 Å². The van der Waals surface area contributed by atoms with Gasteiger partial charge in [0, 0.05) is 11.8 Å². The molecule has 56 valence electrons. The van der Waals surface area contributed by atoms with Crippen molar-refractivity contribution in [2.75, 3.05) is 0 Å². The Hall–Kier alpha value is -0.920. The molecule has 2 nitrogen and oxygen atoms in total. The Bertz CT molecular complexity index is 262. The number of carbonyl (C=O) groups excluding carboxylic acids is 2. The molecule has 2 fully saturated rings. The lowest BCUT2D eigenvalue weighted by Gasteiger charge is -2.33. The van der Waals surface area contributed by atoms with Crippen molar-refractivity contribution < 1.29 is 9.59 Å². The third kappa shape index (κ3) is 0.442. The number of hydrogen-bond donors (Lipinski definition) is 0. The number of ketones is 2. The van der Waals surface area contributed by atoms with Gasteiger partial charge in [0.2, 0.25) is 11.6 Å². The van der Waals surface area contributed by atoms with Crippen molar-refractivity contribution in [1.82, 2.24) is 0 Å². The Labute approximate surface area is 64.3 Å². The second kappa shape index (κ2) is 1.47. The van der Waals surface area contributed by atoms with E-state index in [9.17, 15) is 9.59 Å². The van der Waals surface area contributed by atoms with Crippen molar-refractivity contribution in [1.29, 1.82) is 0 Å². The summed E-state index contributed by atoms with van der Waals surface area (Å²) in [6, 6.07) is 0. The van der Waals surface area contributed by atoms with Gasteiger partial charge in [-0.1, -0.05) is 12.2 Å². The van der Waals surface area contributed by atoms with Gasteiger partial charge in [-0.3, -0.25) is 9.59 Å². The molecule has 0 heterocycles. The first kappa shape index (κ1) is 5.70. The maximum absolute atomic E-state index is 11.0. The highest BCUT2D eigenvalue weighted by Crippen LogP contribution is 2.54. The van der Waals surface area contributed by atoms with Gasteiger partial charge in [-0.15, -0.1) is 0 Å². The molecule has 0 spiro atoms. The summed E-state index contributed by atoms with van der Waals surface area (Å²) in [4.78, 5) is 22.1. The number of hydrogen-bond acceptors (Lipinski definition) is 2. The lowest BCUT2D eigenvalue weighted by Crippen LogP contribution is -2.50. The predicted octanol–water partition coefficient (Wildman–Crippen LogP) is 0.576. The quantitative estimate of drug-likeness (QED) is 0.372. The highest BCUT2D eigenvalue weighted by Gasteiger charge is 2.61. The van der Waals surface area contributed by atoms with Crippen LogP contribution in [0.4, 0.5) is 0 Å². The van der Waals surface area contributed by atoms with Gasteiger partial charge >= 0.3 is 0 Å². The van der Waals surface area contributed by atoms with Crippen molar-refractivity contribution in [2.24, 2.45) is 23.7 Å². The Morgan fingerprint density at radius 1 is 1.00 bits per heavy atom. The van der Waals surface area contributed by atoms with Crippen LogP contribution >= 0.6 is 0 Å². The van der Waals surface area contributed by atoms with Crippen LogP contribution in [0.3, 0.4) is 0 Å². The third-order valence-electron chi connectivity index (χ3n) is 3.31. The van der Waals surface area contributed by atoms with Gasteiger partial charge in [-0.2, -0.15) is 0 Å². The van der Waals surface area contributed by atoms with Crippen molar-refractivity contribution in [3.05, 3.63) is 12.2 Å². The zero-order chi connectivity index (χ0) is 7.59. The van der Waals surface area contributed by atoms with Crippen LogP contribution in [0.15, 0.2) is 12.2 Å². The predicted molar refractivity (Wildman–Crippen MR) is 37.7 cm³/mol. The van der Waals surface area contributed by atoms with Gasteiger partial charge in [-0.25, -0.2) is 0 Å². The maximum atomic E-state index is 11.0. The first-order chi connectivity index (χ1) is 5.29. The molecule has 0 aliphatic heterocycles. The van der Waals surface area contributed by atoms with Crippen LogP contribution in [-0.4, -0.2) is 11.6 Å².